The predicted octanol–water partition coefficient (Wildman–Crippen LogP) is 2.83. The van der Waals surface area contributed by atoms with Crippen molar-refractivity contribution in [3.8, 4) is 0 Å². The third-order valence-electron chi connectivity index (χ3n) is 3.31. The Morgan fingerprint density at radius 2 is 1.83 bits per heavy atom. The second-order valence-corrected chi connectivity index (χ2v) is 11.2. The van der Waals surface area contributed by atoms with Crippen LogP contribution in [0, 0.1) is 6.92 Å². The molecule has 1 saturated heterocycles. The molecule has 0 aromatic heterocycles. The Morgan fingerprint density at radius 1 is 1.22 bits per heavy atom. The summed E-state index contributed by atoms with van der Waals surface area (Å²) < 4.78 is 34.3. The van der Waals surface area contributed by atoms with E-state index in [0.717, 1.165) is 5.56 Å². The van der Waals surface area contributed by atoms with Crippen LogP contribution in [0.15, 0.2) is 29.2 Å². The summed E-state index contributed by atoms with van der Waals surface area (Å²) in [5.41, 5.74) is 0.971. The minimum Gasteiger partial charge on any atom is -0.468 e. The molecule has 8 heteroatoms. The molecule has 0 bridgehead atoms. The fourth-order valence-electron chi connectivity index (χ4n) is 2.20. The van der Waals surface area contributed by atoms with Crippen LogP contribution in [0.5, 0.6) is 0 Å². The van der Waals surface area contributed by atoms with Gasteiger partial charge in [0.25, 0.3) is 10.1 Å². The lowest BCUT2D eigenvalue weighted by atomic mass is 10.2. The summed E-state index contributed by atoms with van der Waals surface area (Å²) in [5, 5.41) is -0.712. The number of aryl methyl sites for hydroxylation is 1. The molecule has 5 nitrogen and oxygen atoms in total. The standard InChI is InChI=1S/C15H20O5S3/c1-10-5-7-11(8-6-10)23(17,18)20-9-12-13(14(16)19-4)22-15(2,3)21-12/h5-8,12-13H,9H2,1-4H3. The van der Waals surface area contributed by atoms with Gasteiger partial charge in [-0.05, 0) is 32.9 Å². The van der Waals surface area contributed by atoms with E-state index >= 15 is 0 Å². The SMILES string of the molecule is COC(=O)C1SC(C)(C)SC1COS(=O)(=O)c1ccc(C)cc1. The van der Waals surface area contributed by atoms with Crippen LogP contribution in [0.4, 0.5) is 0 Å². The highest BCUT2D eigenvalue weighted by Crippen LogP contribution is 2.52. The first kappa shape index (κ1) is 18.6. The highest BCUT2D eigenvalue weighted by atomic mass is 32.2. The van der Waals surface area contributed by atoms with Gasteiger partial charge >= 0.3 is 5.97 Å². The van der Waals surface area contributed by atoms with Crippen LogP contribution in [0.1, 0.15) is 19.4 Å². The van der Waals surface area contributed by atoms with Gasteiger partial charge in [-0.25, -0.2) is 0 Å². The van der Waals surface area contributed by atoms with Gasteiger partial charge < -0.3 is 4.74 Å². The van der Waals surface area contributed by atoms with E-state index < -0.39 is 15.4 Å². The van der Waals surface area contributed by atoms with E-state index in [4.69, 9.17) is 8.92 Å². The summed E-state index contributed by atoms with van der Waals surface area (Å²) >= 11 is 3.00. The number of hydrogen-bond donors (Lipinski definition) is 0. The van der Waals surface area contributed by atoms with Crippen molar-refractivity contribution < 1.29 is 22.1 Å². The van der Waals surface area contributed by atoms with E-state index in [1.807, 2.05) is 20.8 Å². The summed E-state index contributed by atoms with van der Waals surface area (Å²) in [7, 11) is -2.50. The van der Waals surface area contributed by atoms with Crippen molar-refractivity contribution in [1.29, 1.82) is 0 Å². The number of hydrogen-bond acceptors (Lipinski definition) is 7. The largest absolute Gasteiger partial charge is 0.468 e. The molecule has 128 valence electrons. The Balaban J connectivity index is 2.09. The van der Waals surface area contributed by atoms with Crippen LogP contribution in [-0.4, -0.2) is 42.7 Å². The number of rotatable bonds is 5. The number of benzene rings is 1. The van der Waals surface area contributed by atoms with Crippen LogP contribution in [0.25, 0.3) is 0 Å². The smallest absolute Gasteiger partial charge is 0.320 e. The second-order valence-electron chi connectivity index (χ2n) is 5.67. The zero-order valence-electron chi connectivity index (χ0n) is 13.4. The van der Waals surface area contributed by atoms with Gasteiger partial charge in [-0.1, -0.05) is 17.7 Å². The van der Waals surface area contributed by atoms with E-state index in [1.165, 1.54) is 42.8 Å². The Labute approximate surface area is 145 Å². The third kappa shape index (κ3) is 4.65. The van der Waals surface area contributed by atoms with E-state index in [-0.39, 0.29) is 26.8 Å². The predicted molar refractivity (Wildman–Crippen MR) is 93.2 cm³/mol. The highest BCUT2D eigenvalue weighted by Gasteiger charge is 2.45. The van der Waals surface area contributed by atoms with Crippen molar-refractivity contribution in [3.63, 3.8) is 0 Å². The Hall–Kier alpha value is -0.700. The molecule has 2 atom stereocenters. The molecular formula is C15H20O5S3. The molecule has 1 aromatic carbocycles. The molecule has 2 unspecified atom stereocenters. The van der Waals surface area contributed by atoms with E-state index in [0.29, 0.717) is 0 Å². The highest BCUT2D eigenvalue weighted by molar-refractivity contribution is 8.22. The number of carbonyl (C=O) groups excluding carboxylic acids is 1. The molecule has 1 fully saturated rings. The maximum Gasteiger partial charge on any atom is 0.320 e. The Bertz CT molecular complexity index is 667. The zero-order valence-corrected chi connectivity index (χ0v) is 15.9. The molecule has 1 aliphatic heterocycles. The molecule has 2 rings (SSSR count). The monoisotopic (exact) mass is 376 g/mol. The van der Waals surface area contributed by atoms with Gasteiger partial charge in [-0.15, -0.1) is 23.5 Å². The first-order chi connectivity index (χ1) is 10.6. The molecular weight excluding hydrogens is 356 g/mol. The quantitative estimate of drug-likeness (QED) is 0.578. The van der Waals surface area contributed by atoms with E-state index in [1.54, 1.807) is 12.1 Å². The van der Waals surface area contributed by atoms with E-state index in [9.17, 15) is 13.2 Å². The summed E-state index contributed by atoms with van der Waals surface area (Å²) in [6, 6.07) is 6.47. The van der Waals surface area contributed by atoms with Crippen molar-refractivity contribution in [2.24, 2.45) is 0 Å². The second kappa shape index (κ2) is 7.04. The Kier molecular flexibility index (Phi) is 5.71. The topological polar surface area (TPSA) is 69.7 Å². The molecule has 1 heterocycles. The lowest BCUT2D eigenvalue weighted by molar-refractivity contribution is -0.140. The maximum atomic E-state index is 12.3. The number of thioether (sulfide) groups is 2. The molecule has 0 N–H and O–H groups in total. The van der Waals surface area contributed by atoms with Gasteiger partial charge in [-0.2, -0.15) is 8.42 Å². The first-order valence-electron chi connectivity index (χ1n) is 7.04. The average Bonchev–Trinajstić information content (AvgIpc) is 2.80. The summed E-state index contributed by atoms with van der Waals surface area (Å²) in [6.07, 6.45) is 0. The molecule has 23 heavy (non-hydrogen) atoms. The molecule has 0 spiro atoms. The van der Waals surface area contributed by atoms with Crippen LogP contribution >= 0.6 is 23.5 Å². The molecule has 0 radical (unpaired) electrons. The third-order valence-corrected chi connectivity index (χ3v) is 7.98. The fourth-order valence-corrected chi connectivity index (χ4v) is 6.59. The molecule has 0 saturated carbocycles. The van der Waals surface area contributed by atoms with Gasteiger partial charge in [-0.3, -0.25) is 8.98 Å². The molecule has 1 aromatic rings. The lowest BCUT2D eigenvalue weighted by Crippen LogP contribution is -2.31. The van der Waals surface area contributed by atoms with Gasteiger partial charge in [0.2, 0.25) is 0 Å². The van der Waals surface area contributed by atoms with Crippen LogP contribution < -0.4 is 0 Å². The minimum atomic E-state index is -3.83. The van der Waals surface area contributed by atoms with Gasteiger partial charge in [0.1, 0.15) is 5.25 Å². The summed E-state index contributed by atoms with van der Waals surface area (Å²) in [4.78, 5) is 12.0. The Morgan fingerprint density at radius 3 is 2.39 bits per heavy atom. The normalized spacial score (nSPS) is 23.7. The average molecular weight is 377 g/mol. The van der Waals surface area contributed by atoms with Crippen LogP contribution in [0.2, 0.25) is 0 Å². The van der Waals surface area contributed by atoms with Crippen molar-refractivity contribution >= 4 is 39.6 Å². The number of esters is 1. The summed E-state index contributed by atoms with van der Waals surface area (Å²) in [5.74, 6) is -0.352. The van der Waals surface area contributed by atoms with E-state index in [2.05, 4.69) is 0 Å². The number of methoxy groups -OCH3 is 1. The lowest BCUT2D eigenvalue weighted by Gasteiger charge is -2.16. The van der Waals surface area contributed by atoms with Gasteiger partial charge in [0.15, 0.2) is 0 Å². The zero-order chi connectivity index (χ0) is 17.3. The molecule has 0 aliphatic carbocycles. The first-order valence-corrected chi connectivity index (χ1v) is 10.2. The van der Waals surface area contributed by atoms with Crippen molar-refractivity contribution in [2.75, 3.05) is 13.7 Å². The van der Waals surface area contributed by atoms with Crippen LogP contribution in [-0.2, 0) is 23.8 Å². The number of carbonyl (C=O) groups is 1. The fraction of sp³-hybridized carbons (Fsp3) is 0.533. The molecule has 0 amide bonds. The van der Waals surface area contributed by atoms with Crippen molar-refractivity contribution in [2.45, 2.75) is 40.2 Å². The van der Waals surface area contributed by atoms with Crippen LogP contribution in [0.3, 0.4) is 0 Å². The minimum absolute atomic E-state index is 0.0585. The number of ether oxygens (including phenoxy) is 1. The van der Waals surface area contributed by atoms with Gasteiger partial charge in [0.05, 0.1) is 27.9 Å². The molecule has 1 aliphatic rings. The van der Waals surface area contributed by atoms with Crippen molar-refractivity contribution in [3.05, 3.63) is 29.8 Å². The van der Waals surface area contributed by atoms with Gasteiger partial charge in [0, 0.05) is 0 Å². The summed E-state index contributed by atoms with van der Waals surface area (Å²) in [6.45, 7) is 5.81. The maximum absolute atomic E-state index is 12.3. The van der Waals surface area contributed by atoms with Crippen molar-refractivity contribution in [1.82, 2.24) is 0 Å².